The summed E-state index contributed by atoms with van der Waals surface area (Å²) >= 11 is 0. The fraction of sp³-hybridized carbons (Fsp3) is 0.667. The van der Waals surface area contributed by atoms with E-state index in [1.165, 1.54) is 146 Å². The van der Waals surface area contributed by atoms with Crippen molar-refractivity contribution >= 4 is 58.4 Å². The second kappa shape index (κ2) is 45.9. The number of hydrogen-bond donors (Lipinski definition) is 1. The van der Waals surface area contributed by atoms with Crippen LogP contribution in [0.4, 0.5) is 9.59 Å². The van der Waals surface area contributed by atoms with Crippen molar-refractivity contribution in [2.45, 2.75) is 177 Å². The summed E-state index contributed by atoms with van der Waals surface area (Å²) in [4.78, 5) is 47.8. The minimum absolute atomic E-state index is 0.103. The Labute approximate surface area is 662 Å². The van der Waals surface area contributed by atoms with Crippen LogP contribution in [0.2, 0.25) is 0 Å². The fourth-order valence-corrected chi connectivity index (χ4v) is 16.1. The summed E-state index contributed by atoms with van der Waals surface area (Å²) in [5, 5.41) is 0. The van der Waals surface area contributed by atoms with Gasteiger partial charge in [0, 0.05) is 181 Å². The first kappa shape index (κ1) is 99.4. The van der Waals surface area contributed by atoms with Gasteiger partial charge >= 0.3 is 12.1 Å². The SMILES string of the molecule is CC(=O)N1CCC(C)=C(C)C1.CC1=C(C)CN(C(=O)N(C)C)C1.CC1=C(C)CN(C(=O)N(C)C)CC1.CC1=C(C)CN(C)CC1.CC1=C(C)CN(Cc2ccccc2)CC1.CC1=C(C)CN(S(=O)(=O)N(C)C)CC1.CC1=C(C)CN(S(C)(=O)=O)C1.CC1=C(C)CN(S(C)(=O)=O)CC1.CNS(=O)(=O)N1CC(C)=C(C)C1. The van der Waals surface area contributed by atoms with E-state index in [1.807, 2.05) is 56.2 Å². The van der Waals surface area contributed by atoms with Crippen LogP contribution in [0, 0.1) is 0 Å². The van der Waals surface area contributed by atoms with Crippen LogP contribution in [0.25, 0.3) is 0 Å². The Kier molecular flexibility index (Phi) is 41.9. The molecule has 622 valence electrons. The lowest BCUT2D eigenvalue weighted by Gasteiger charge is -2.30. The van der Waals surface area contributed by atoms with E-state index in [0.29, 0.717) is 52.4 Å². The van der Waals surface area contributed by atoms with Gasteiger partial charge in [-0.25, -0.2) is 31.1 Å². The molecule has 0 unspecified atom stereocenters. The molecule has 109 heavy (non-hydrogen) atoms. The highest BCUT2D eigenvalue weighted by Gasteiger charge is 2.30. The predicted octanol–water partition coefficient (Wildman–Crippen LogP) is 12.0. The summed E-state index contributed by atoms with van der Waals surface area (Å²) in [5.41, 5.74) is 25.6. The molecular formula is C81H143N13O11S4. The molecule has 0 radical (unpaired) electrons. The van der Waals surface area contributed by atoms with Gasteiger partial charge < -0.3 is 29.4 Å². The normalized spacial score (nSPS) is 19.8. The third-order valence-electron chi connectivity index (χ3n) is 21.7. The highest BCUT2D eigenvalue weighted by atomic mass is 32.2. The number of benzene rings is 1. The number of rotatable bonds is 8. The van der Waals surface area contributed by atoms with E-state index >= 15 is 0 Å². The minimum atomic E-state index is -3.22. The van der Waals surface area contributed by atoms with Crippen LogP contribution in [-0.2, 0) is 51.8 Å². The zero-order chi connectivity index (χ0) is 83.6. The van der Waals surface area contributed by atoms with Crippen molar-refractivity contribution in [2.75, 3.05) is 187 Å². The molecule has 0 spiro atoms. The molecule has 9 aliphatic rings. The van der Waals surface area contributed by atoms with E-state index in [9.17, 15) is 48.1 Å². The van der Waals surface area contributed by atoms with Crippen molar-refractivity contribution in [3.63, 3.8) is 0 Å². The summed E-state index contributed by atoms with van der Waals surface area (Å²) in [7, 11) is 1.49. The number of hydrogen-bond acceptors (Lipinski definition) is 13. The number of likely N-dealkylation sites (N-methyl/N-ethyl adjacent to an activating group) is 1. The Hall–Kier alpha value is -5.63. The molecule has 1 aromatic rings. The maximum absolute atomic E-state index is 11.8. The molecule has 0 atom stereocenters. The standard InChI is InChI=1S/C14H19N.C10H18N2O.C9H18N2O2S.C9H16N2O.C9H15NO.C8H15NO2S.C8H15N.C7H14N2O2S.C7H13NO2S/c1-12-8-9-15(10-13(12)2)11-14-6-4-3-5-7-14;1-8-5-6-12(7-9(8)2)10(13)11(3)4;1-8-5-6-11(7-9(8)2)14(12,13)10(3)4;1-7-5-11(6-8(7)2)9(12)10(3)4;1-7-4-5-10(9(3)11)6-8(7)2;1-7-4-5-9(6-8(7)2)12(3,10)11;1-7-4-5-9(3)6-8(7)2;1-6-4-9(5-7(6)2)12(10,11)8-3;1-6-4-8(5-7(6)2)11(3,9)10/h3-7H,8-11H2,1-2H3;5-7H2,1-4H3;5-7H2,1-4H3;5-6H2,1-4H3;4-6H2,1-3H3;4-6H2,1-3H3;4-6H2,1-3H3;8H,4-5H2,1-3H3;4-5H2,1-3H3. The number of nitrogens with one attached hydrogen (secondary N) is 1. The molecular weight excluding hydrogens is 1460 g/mol. The number of amides is 5. The average Bonchev–Trinajstić information content (AvgIpc) is 1.10. The third-order valence-corrected chi connectivity index (χ3v) is 27.5. The Morgan fingerprint density at radius 2 is 0.661 bits per heavy atom. The second-order valence-corrected chi connectivity index (χ2v) is 39.8. The van der Waals surface area contributed by atoms with Crippen LogP contribution >= 0.6 is 0 Å². The van der Waals surface area contributed by atoms with E-state index in [1.54, 1.807) is 81.3 Å². The maximum Gasteiger partial charge on any atom is 0.320 e. The van der Waals surface area contributed by atoms with E-state index in [-0.39, 0.29) is 18.0 Å². The minimum Gasteiger partial charge on any atom is -0.339 e. The lowest BCUT2D eigenvalue weighted by atomic mass is 10.0. The zero-order valence-corrected chi connectivity index (χ0v) is 75.8. The summed E-state index contributed by atoms with van der Waals surface area (Å²) in [5.74, 6) is 0.192. The van der Waals surface area contributed by atoms with Crippen molar-refractivity contribution in [1.29, 1.82) is 0 Å². The molecule has 0 saturated carbocycles. The van der Waals surface area contributed by atoms with Gasteiger partial charge in [0.05, 0.1) is 12.5 Å². The van der Waals surface area contributed by atoms with E-state index in [2.05, 4.69) is 135 Å². The maximum atomic E-state index is 11.8. The van der Waals surface area contributed by atoms with Gasteiger partial charge in [-0.15, -0.1) is 0 Å². The molecule has 10 rings (SSSR count). The summed E-state index contributed by atoms with van der Waals surface area (Å²) in [6.07, 6.45) is 8.80. The Morgan fingerprint density at radius 1 is 0.358 bits per heavy atom. The topological polar surface area (TPSA) is 239 Å². The summed E-state index contributed by atoms with van der Waals surface area (Å²) in [6.45, 7) is 54.6. The van der Waals surface area contributed by atoms with Crippen molar-refractivity contribution in [1.82, 2.24) is 60.5 Å². The van der Waals surface area contributed by atoms with Crippen LogP contribution in [0.1, 0.15) is 176 Å². The lowest BCUT2D eigenvalue weighted by Crippen LogP contribution is -2.43. The monoisotopic (exact) mass is 1600 g/mol. The average molecular weight is 1600 g/mol. The van der Waals surface area contributed by atoms with Gasteiger partial charge in [-0.1, -0.05) is 131 Å². The van der Waals surface area contributed by atoms with Gasteiger partial charge in [0.1, 0.15) is 0 Å². The molecule has 24 nitrogen and oxygen atoms in total. The van der Waals surface area contributed by atoms with Crippen molar-refractivity contribution < 1.29 is 48.1 Å². The Bertz CT molecular complexity index is 3990. The molecule has 9 heterocycles. The molecule has 0 fully saturated rings. The molecule has 5 amide bonds. The molecule has 0 bridgehead atoms. The molecule has 0 aliphatic carbocycles. The van der Waals surface area contributed by atoms with Crippen LogP contribution in [0.3, 0.4) is 0 Å². The van der Waals surface area contributed by atoms with Crippen LogP contribution in [0.5, 0.6) is 0 Å². The largest absolute Gasteiger partial charge is 0.339 e. The predicted molar refractivity (Wildman–Crippen MR) is 452 cm³/mol. The first-order valence-corrected chi connectivity index (χ1v) is 44.5. The number of carbonyl (C=O) groups excluding carboxylic acids is 3. The number of carbonyl (C=O) groups is 3. The molecule has 1 N–H and O–H groups in total. The van der Waals surface area contributed by atoms with Gasteiger partial charge in [-0.05, 0) is 176 Å². The zero-order valence-electron chi connectivity index (χ0n) is 72.6. The van der Waals surface area contributed by atoms with Gasteiger partial charge in [-0.3, -0.25) is 9.69 Å². The fourth-order valence-electron chi connectivity index (χ4n) is 12.2. The van der Waals surface area contributed by atoms with E-state index in [4.69, 9.17) is 0 Å². The van der Waals surface area contributed by atoms with Gasteiger partial charge in [-0.2, -0.15) is 38.4 Å². The van der Waals surface area contributed by atoms with Crippen molar-refractivity contribution in [2.24, 2.45) is 0 Å². The van der Waals surface area contributed by atoms with Gasteiger partial charge in [0.25, 0.3) is 20.4 Å². The van der Waals surface area contributed by atoms with Crippen molar-refractivity contribution in [3.05, 3.63) is 136 Å². The summed E-state index contributed by atoms with van der Waals surface area (Å²) in [6, 6.07) is 11.0. The quantitative estimate of drug-likeness (QED) is 0.239. The third kappa shape index (κ3) is 34.3. The molecule has 0 saturated heterocycles. The molecule has 0 aromatic heterocycles. The van der Waals surface area contributed by atoms with E-state index in [0.717, 1.165) is 89.2 Å². The van der Waals surface area contributed by atoms with Gasteiger partial charge in [0.2, 0.25) is 26.0 Å². The first-order chi connectivity index (χ1) is 50.2. The smallest absolute Gasteiger partial charge is 0.320 e. The Morgan fingerprint density at radius 3 is 1.01 bits per heavy atom. The van der Waals surface area contributed by atoms with Crippen molar-refractivity contribution in [3.8, 4) is 0 Å². The number of sulfonamides is 2. The van der Waals surface area contributed by atoms with Crippen LogP contribution in [-0.4, -0.2) is 294 Å². The Balaban J connectivity index is 0.000000417. The van der Waals surface area contributed by atoms with E-state index < -0.39 is 40.5 Å². The lowest BCUT2D eigenvalue weighted by molar-refractivity contribution is -0.128. The highest BCUT2D eigenvalue weighted by Crippen LogP contribution is 2.25. The highest BCUT2D eigenvalue weighted by molar-refractivity contribution is 7.88. The molecule has 9 aliphatic heterocycles. The summed E-state index contributed by atoms with van der Waals surface area (Å²) < 4.78 is 99.9. The first-order valence-electron chi connectivity index (χ1n) is 38.0. The molecule has 1 aromatic carbocycles. The number of nitrogens with zero attached hydrogens (tertiary/aromatic N) is 12. The van der Waals surface area contributed by atoms with Gasteiger partial charge in [0.15, 0.2) is 0 Å². The molecule has 28 heteroatoms. The number of urea groups is 2. The second-order valence-electron chi connectivity index (χ2n) is 31.8. The van der Waals surface area contributed by atoms with Crippen LogP contribution in [0.15, 0.2) is 131 Å². The van der Waals surface area contributed by atoms with Crippen LogP contribution < -0.4 is 4.72 Å².